The van der Waals surface area contributed by atoms with Crippen molar-refractivity contribution in [2.24, 2.45) is 0 Å². The number of carbonyl (C=O) groups is 1. The van der Waals surface area contributed by atoms with Crippen molar-refractivity contribution in [2.45, 2.75) is 18.4 Å². The molecule has 0 fully saturated rings. The van der Waals surface area contributed by atoms with E-state index in [-0.39, 0.29) is 21.9 Å². The third-order valence-corrected chi connectivity index (χ3v) is 6.66. The second-order valence-electron chi connectivity index (χ2n) is 6.95. The highest BCUT2D eigenvalue weighted by Crippen LogP contribution is 2.32. The van der Waals surface area contributed by atoms with Crippen molar-refractivity contribution in [3.8, 4) is 11.5 Å². The molecule has 3 aromatic rings. The Hall–Kier alpha value is -3.66. The minimum Gasteiger partial charge on any atom is -0.495 e. The number of carbonyl (C=O) groups excluding carboxylic acids is 1. The second kappa shape index (κ2) is 9.86. The zero-order chi connectivity index (χ0) is 24.2. The van der Waals surface area contributed by atoms with Gasteiger partial charge in [-0.25, -0.2) is 8.42 Å². The summed E-state index contributed by atoms with van der Waals surface area (Å²) in [4.78, 5) is 12.8. The fourth-order valence-electron chi connectivity index (χ4n) is 3.14. The van der Waals surface area contributed by atoms with E-state index in [9.17, 15) is 22.0 Å². The van der Waals surface area contributed by atoms with E-state index in [1.807, 2.05) is 0 Å². The summed E-state index contributed by atoms with van der Waals surface area (Å²) < 4.78 is 62.6. The van der Waals surface area contributed by atoms with Crippen LogP contribution in [-0.2, 0) is 10.0 Å². The van der Waals surface area contributed by atoms with Gasteiger partial charge in [-0.05, 0) is 48.9 Å². The Kier molecular flexibility index (Phi) is 7.17. The Morgan fingerprint density at radius 2 is 1.64 bits per heavy atom. The lowest BCUT2D eigenvalue weighted by Crippen LogP contribution is -2.27. The number of aryl methyl sites for hydroxylation is 1. The largest absolute Gasteiger partial charge is 0.495 e. The number of halogens is 2. The number of para-hydroxylation sites is 4. The molecular weight excluding hydrogens is 454 g/mol. The van der Waals surface area contributed by atoms with Crippen LogP contribution in [-0.4, -0.2) is 35.1 Å². The van der Waals surface area contributed by atoms with Crippen LogP contribution in [0.25, 0.3) is 0 Å². The molecule has 0 aliphatic carbocycles. The van der Waals surface area contributed by atoms with E-state index in [4.69, 9.17) is 4.74 Å². The van der Waals surface area contributed by atoms with Crippen LogP contribution in [0.4, 0.5) is 20.2 Å². The molecule has 10 heteroatoms. The monoisotopic (exact) mass is 476 g/mol. The quantitative estimate of drug-likeness (QED) is 0.510. The SMILES string of the molecule is COc1ccccc1N(C)S(=O)(=O)c1ccc(C)c(C(=O)Nc2ccccc2OC(F)F)c1. The molecule has 0 atom stereocenters. The molecule has 1 N–H and O–H groups in total. The zero-order valence-electron chi connectivity index (χ0n) is 18.1. The summed E-state index contributed by atoms with van der Waals surface area (Å²) >= 11 is 0. The Balaban J connectivity index is 1.95. The van der Waals surface area contributed by atoms with Crippen molar-refractivity contribution in [3.63, 3.8) is 0 Å². The summed E-state index contributed by atoms with van der Waals surface area (Å²) in [6.07, 6.45) is 0. The molecule has 1 amide bonds. The molecule has 0 bridgehead atoms. The third-order valence-electron chi connectivity index (χ3n) is 4.89. The van der Waals surface area contributed by atoms with Gasteiger partial charge in [0.1, 0.15) is 11.5 Å². The maximum atomic E-state index is 13.3. The number of alkyl halides is 2. The number of anilines is 2. The number of methoxy groups -OCH3 is 1. The zero-order valence-corrected chi connectivity index (χ0v) is 18.9. The van der Waals surface area contributed by atoms with E-state index >= 15 is 0 Å². The molecule has 0 unspecified atom stereocenters. The van der Waals surface area contributed by atoms with E-state index in [2.05, 4.69) is 10.1 Å². The fourth-order valence-corrected chi connectivity index (χ4v) is 4.37. The van der Waals surface area contributed by atoms with Crippen molar-refractivity contribution in [2.75, 3.05) is 23.8 Å². The minimum absolute atomic E-state index is 0.0293. The molecule has 0 saturated heterocycles. The van der Waals surface area contributed by atoms with Crippen LogP contribution in [0, 0.1) is 6.92 Å². The van der Waals surface area contributed by atoms with Gasteiger partial charge in [-0.15, -0.1) is 0 Å². The van der Waals surface area contributed by atoms with Crippen LogP contribution in [0.1, 0.15) is 15.9 Å². The molecule has 0 aliphatic heterocycles. The van der Waals surface area contributed by atoms with Gasteiger partial charge in [-0.3, -0.25) is 9.10 Å². The smallest absolute Gasteiger partial charge is 0.387 e. The van der Waals surface area contributed by atoms with E-state index in [1.54, 1.807) is 37.3 Å². The summed E-state index contributed by atoms with van der Waals surface area (Å²) in [6, 6.07) is 16.5. The highest BCUT2D eigenvalue weighted by atomic mass is 32.2. The normalized spacial score (nSPS) is 11.2. The van der Waals surface area contributed by atoms with Gasteiger partial charge < -0.3 is 14.8 Å². The van der Waals surface area contributed by atoms with Crippen LogP contribution >= 0.6 is 0 Å². The number of sulfonamides is 1. The number of rotatable bonds is 8. The Bertz CT molecular complexity index is 1270. The number of hydrogen-bond acceptors (Lipinski definition) is 5. The molecule has 7 nitrogen and oxygen atoms in total. The first-order valence-corrected chi connectivity index (χ1v) is 11.2. The molecular formula is C23H22F2N2O5S. The average Bonchev–Trinajstić information content (AvgIpc) is 2.79. The van der Waals surface area contributed by atoms with E-state index in [1.165, 1.54) is 50.6 Å². The van der Waals surface area contributed by atoms with E-state index < -0.39 is 22.5 Å². The lowest BCUT2D eigenvalue weighted by molar-refractivity contribution is -0.0493. The van der Waals surface area contributed by atoms with Crippen molar-refractivity contribution >= 4 is 27.3 Å². The van der Waals surface area contributed by atoms with Gasteiger partial charge in [0.05, 0.1) is 23.4 Å². The summed E-state index contributed by atoms with van der Waals surface area (Å²) in [5.74, 6) is -0.516. The Morgan fingerprint density at radius 3 is 2.30 bits per heavy atom. The fraction of sp³-hybridized carbons (Fsp3) is 0.174. The van der Waals surface area contributed by atoms with Gasteiger partial charge in [-0.1, -0.05) is 30.3 Å². The molecule has 0 spiro atoms. The molecule has 0 aliphatic rings. The first-order chi connectivity index (χ1) is 15.6. The molecule has 0 radical (unpaired) electrons. The standard InChI is InChI=1S/C23H22F2N2O5S/c1-15-12-13-16(33(29,30)27(2)19-9-5-7-11-21(19)31-3)14-17(15)22(28)26-18-8-4-6-10-20(18)32-23(24)25/h4-14,23H,1-3H3,(H,26,28). The maximum Gasteiger partial charge on any atom is 0.387 e. The van der Waals surface area contributed by atoms with Gasteiger partial charge in [0, 0.05) is 12.6 Å². The molecule has 3 aromatic carbocycles. The molecule has 33 heavy (non-hydrogen) atoms. The number of amides is 1. The molecule has 0 heterocycles. The van der Waals surface area contributed by atoms with Gasteiger partial charge in [-0.2, -0.15) is 8.78 Å². The lowest BCUT2D eigenvalue weighted by Gasteiger charge is -2.22. The number of nitrogens with zero attached hydrogens (tertiary/aromatic N) is 1. The predicted octanol–water partition coefficient (Wildman–Crippen LogP) is 4.68. The molecule has 0 saturated carbocycles. The first kappa shape index (κ1) is 24.0. The second-order valence-corrected chi connectivity index (χ2v) is 8.92. The summed E-state index contributed by atoms with van der Waals surface area (Å²) in [5.41, 5.74) is 0.918. The highest BCUT2D eigenvalue weighted by molar-refractivity contribution is 7.92. The van der Waals surface area contributed by atoms with Crippen molar-refractivity contribution in [3.05, 3.63) is 77.9 Å². The van der Waals surface area contributed by atoms with Gasteiger partial charge in [0.25, 0.3) is 15.9 Å². The topological polar surface area (TPSA) is 84.9 Å². The van der Waals surface area contributed by atoms with Crippen LogP contribution in [0.2, 0.25) is 0 Å². The number of nitrogens with one attached hydrogen (secondary N) is 1. The van der Waals surface area contributed by atoms with Crippen LogP contribution in [0.15, 0.2) is 71.6 Å². The minimum atomic E-state index is -4.04. The Labute approximate surface area is 190 Å². The maximum absolute atomic E-state index is 13.3. The Morgan fingerprint density at radius 1 is 1.00 bits per heavy atom. The van der Waals surface area contributed by atoms with Crippen LogP contribution < -0.4 is 19.1 Å². The molecule has 0 aromatic heterocycles. The number of ether oxygens (including phenoxy) is 2. The number of hydrogen-bond donors (Lipinski definition) is 1. The van der Waals surface area contributed by atoms with Crippen molar-refractivity contribution < 1.29 is 31.5 Å². The molecule has 174 valence electrons. The lowest BCUT2D eigenvalue weighted by atomic mass is 10.1. The summed E-state index contributed by atoms with van der Waals surface area (Å²) in [7, 11) is -1.23. The average molecular weight is 477 g/mol. The first-order valence-electron chi connectivity index (χ1n) is 9.73. The van der Waals surface area contributed by atoms with Crippen LogP contribution in [0.5, 0.6) is 11.5 Å². The summed E-state index contributed by atoms with van der Waals surface area (Å²) in [5, 5.41) is 2.51. The van der Waals surface area contributed by atoms with Gasteiger partial charge >= 0.3 is 6.61 Å². The number of benzene rings is 3. The third kappa shape index (κ3) is 5.23. The van der Waals surface area contributed by atoms with Crippen molar-refractivity contribution in [1.29, 1.82) is 0 Å². The highest BCUT2D eigenvalue weighted by Gasteiger charge is 2.25. The van der Waals surface area contributed by atoms with Crippen LogP contribution in [0.3, 0.4) is 0 Å². The van der Waals surface area contributed by atoms with Crippen molar-refractivity contribution in [1.82, 2.24) is 0 Å². The summed E-state index contributed by atoms with van der Waals surface area (Å²) in [6.45, 7) is -1.43. The molecule has 3 rings (SSSR count). The van der Waals surface area contributed by atoms with E-state index in [0.717, 1.165) is 4.31 Å². The van der Waals surface area contributed by atoms with Gasteiger partial charge in [0.15, 0.2) is 0 Å². The van der Waals surface area contributed by atoms with E-state index in [0.29, 0.717) is 17.0 Å². The predicted molar refractivity (Wildman–Crippen MR) is 121 cm³/mol. The van der Waals surface area contributed by atoms with Gasteiger partial charge in [0.2, 0.25) is 0 Å².